The van der Waals surface area contributed by atoms with Crippen molar-refractivity contribution in [2.24, 2.45) is 0 Å². The highest BCUT2D eigenvalue weighted by Gasteiger charge is 2.12. The third-order valence-electron chi connectivity index (χ3n) is 2.67. The number of Topliss-reactive ketones (excluding diaryl/α,β-unsaturated/α-hetero) is 1. The van der Waals surface area contributed by atoms with Gasteiger partial charge in [-0.15, -0.1) is 0 Å². The van der Waals surface area contributed by atoms with E-state index in [-0.39, 0.29) is 18.0 Å². The number of rotatable bonds is 3. The molecule has 0 N–H and O–H groups in total. The maximum atomic E-state index is 13.1. The molecule has 0 saturated carbocycles. The molecule has 0 bridgehead atoms. The van der Waals surface area contributed by atoms with Crippen LogP contribution >= 0.6 is 15.9 Å². The zero-order valence-electron chi connectivity index (χ0n) is 9.78. The number of ketones is 1. The van der Waals surface area contributed by atoms with E-state index >= 15 is 0 Å². The van der Waals surface area contributed by atoms with Crippen LogP contribution in [-0.2, 0) is 6.42 Å². The number of carbonyl (C=O) groups excluding carboxylic acids is 1. The van der Waals surface area contributed by atoms with Gasteiger partial charge in [0.2, 0.25) is 0 Å². The predicted molar refractivity (Wildman–Crippen MR) is 71.1 cm³/mol. The van der Waals surface area contributed by atoms with Gasteiger partial charge in [-0.2, -0.15) is 0 Å². The SMILES string of the molecule is Cc1ncccc1C(=O)Cc1cc(F)ccc1Br. The van der Waals surface area contributed by atoms with Crippen molar-refractivity contribution in [1.29, 1.82) is 0 Å². The molecule has 2 aromatic rings. The Morgan fingerprint density at radius 1 is 1.39 bits per heavy atom. The number of halogens is 2. The van der Waals surface area contributed by atoms with E-state index in [1.165, 1.54) is 12.1 Å². The quantitative estimate of drug-likeness (QED) is 0.809. The highest BCUT2D eigenvalue weighted by molar-refractivity contribution is 9.10. The van der Waals surface area contributed by atoms with Crippen molar-refractivity contribution in [1.82, 2.24) is 4.98 Å². The van der Waals surface area contributed by atoms with Crippen LogP contribution in [0.15, 0.2) is 41.0 Å². The van der Waals surface area contributed by atoms with Crippen molar-refractivity contribution in [3.8, 4) is 0 Å². The minimum Gasteiger partial charge on any atom is -0.294 e. The summed E-state index contributed by atoms with van der Waals surface area (Å²) in [5.74, 6) is -0.407. The first kappa shape index (κ1) is 12.9. The molecular formula is C14H11BrFNO. The van der Waals surface area contributed by atoms with Gasteiger partial charge in [-0.25, -0.2) is 4.39 Å². The monoisotopic (exact) mass is 307 g/mol. The van der Waals surface area contributed by atoms with Gasteiger partial charge in [-0.05, 0) is 42.8 Å². The Kier molecular flexibility index (Phi) is 3.87. The second-order valence-electron chi connectivity index (χ2n) is 3.97. The number of carbonyl (C=O) groups is 1. The average molecular weight is 308 g/mol. The van der Waals surface area contributed by atoms with Crippen molar-refractivity contribution < 1.29 is 9.18 Å². The van der Waals surface area contributed by atoms with Crippen molar-refractivity contribution in [3.63, 3.8) is 0 Å². The first-order valence-corrected chi connectivity index (χ1v) is 6.26. The summed E-state index contributed by atoms with van der Waals surface area (Å²) in [6.07, 6.45) is 1.80. The lowest BCUT2D eigenvalue weighted by molar-refractivity contribution is 0.0992. The number of hydrogen-bond acceptors (Lipinski definition) is 2. The summed E-state index contributed by atoms with van der Waals surface area (Å²) in [6, 6.07) is 7.79. The van der Waals surface area contributed by atoms with Crippen molar-refractivity contribution in [2.75, 3.05) is 0 Å². The van der Waals surface area contributed by atoms with E-state index in [2.05, 4.69) is 20.9 Å². The number of nitrogens with zero attached hydrogens (tertiary/aromatic N) is 1. The zero-order valence-corrected chi connectivity index (χ0v) is 11.4. The maximum absolute atomic E-state index is 13.1. The molecule has 1 aromatic carbocycles. The summed E-state index contributed by atoms with van der Waals surface area (Å²) in [5, 5.41) is 0. The van der Waals surface area contributed by atoms with Crippen molar-refractivity contribution >= 4 is 21.7 Å². The van der Waals surface area contributed by atoms with E-state index < -0.39 is 0 Å². The highest BCUT2D eigenvalue weighted by Crippen LogP contribution is 2.20. The number of aromatic nitrogens is 1. The summed E-state index contributed by atoms with van der Waals surface area (Å²) in [5.41, 5.74) is 1.91. The summed E-state index contributed by atoms with van der Waals surface area (Å²) < 4.78 is 13.9. The van der Waals surface area contributed by atoms with Crippen LogP contribution in [0, 0.1) is 12.7 Å². The summed E-state index contributed by atoms with van der Waals surface area (Å²) in [4.78, 5) is 16.2. The smallest absolute Gasteiger partial charge is 0.169 e. The van der Waals surface area contributed by atoms with Crippen LogP contribution < -0.4 is 0 Å². The Morgan fingerprint density at radius 2 is 2.17 bits per heavy atom. The molecule has 0 atom stereocenters. The van der Waals surface area contributed by atoms with Gasteiger partial charge in [0, 0.05) is 28.3 Å². The van der Waals surface area contributed by atoms with Gasteiger partial charge in [-0.1, -0.05) is 15.9 Å². The van der Waals surface area contributed by atoms with Gasteiger partial charge in [0.1, 0.15) is 5.82 Å². The topological polar surface area (TPSA) is 30.0 Å². The number of aryl methyl sites for hydroxylation is 1. The second kappa shape index (κ2) is 5.40. The molecule has 0 spiro atoms. The molecule has 0 aliphatic carbocycles. The molecule has 0 aliphatic heterocycles. The van der Waals surface area contributed by atoms with Gasteiger partial charge in [-0.3, -0.25) is 9.78 Å². The average Bonchev–Trinajstić information content (AvgIpc) is 2.34. The van der Waals surface area contributed by atoms with Gasteiger partial charge in [0.25, 0.3) is 0 Å². The molecule has 0 unspecified atom stereocenters. The normalized spacial score (nSPS) is 10.4. The molecule has 1 aromatic heterocycles. The van der Waals surface area contributed by atoms with Gasteiger partial charge in [0.05, 0.1) is 0 Å². The standard InChI is InChI=1S/C14H11BrFNO/c1-9-12(3-2-6-17-9)14(18)8-10-7-11(16)4-5-13(10)15/h2-7H,8H2,1H3. The van der Waals surface area contributed by atoms with Crippen LogP contribution in [0.2, 0.25) is 0 Å². The molecule has 4 heteroatoms. The van der Waals surface area contributed by atoms with Crippen LogP contribution in [0.1, 0.15) is 21.6 Å². The van der Waals surface area contributed by atoms with Crippen LogP contribution in [0.4, 0.5) is 4.39 Å². The van der Waals surface area contributed by atoms with Crippen LogP contribution in [-0.4, -0.2) is 10.8 Å². The van der Waals surface area contributed by atoms with Crippen molar-refractivity contribution in [2.45, 2.75) is 13.3 Å². The second-order valence-corrected chi connectivity index (χ2v) is 4.83. The van der Waals surface area contributed by atoms with E-state index in [9.17, 15) is 9.18 Å². The fourth-order valence-electron chi connectivity index (χ4n) is 1.73. The Labute approximate surface area is 113 Å². The number of hydrogen-bond donors (Lipinski definition) is 0. The lowest BCUT2D eigenvalue weighted by atomic mass is 10.0. The minimum absolute atomic E-state index is 0.0631. The van der Waals surface area contributed by atoms with E-state index in [0.717, 1.165) is 4.47 Å². The molecule has 2 rings (SSSR count). The van der Waals surface area contributed by atoms with Crippen LogP contribution in [0.5, 0.6) is 0 Å². The first-order valence-electron chi connectivity index (χ1n) is 5.46. The molecular weight excluding hydrogens is 297 g/mol. The Hall–Kier alpha value is -1.55. The van der Waals surface area contributed by atoms with E-state index in [1.807, 2.05) is 0 Å². The molecule has 0 amide bonds. The molecule has 92 valence electrons. The number of benzene rings is 1. The Balaban J connectivity index is 2.27. The summed E-state index contributed by atoms with van der Waals surface area (Å²) in [7, 11) is 0. The third kappa shape index (κ3) is 2.82. The molecule has 0 radical (unpaired) electrons. The van der Waals surface area contributed by atoms with Gasteiger partial charge < -0.3 is 0 Å². The Bertz CT molecular complexity index is 598. The first-order chi connectivity index (χ1) is 8.58. The molecule has 2 nitrogen and oxygen atoms in total. The van der Waals surface area contributed by atoms with Crippen LogP contribution in [0.3, 0.4) is 0 Å². The van der Waals surface area contributed by atoms with E-state index in [0.29, 0.717) is 16.8 Å². The van der Waals surface area contributed by atoms with Crippen LogP contribution in [0.25, 0.3) is 0 Å². The Morgan fingerprint density at radius 3 is 2.89 bits per heavy atom. The lowest BCUT2D eigenvalue weighted by Crippen LogP contribution is -2.07. The lowest BCUT2D eigenvalue weighted by Gasteiger charge is -2.06. The third-order valence-corrected chi connectivity index (χ3v) is 3.44. The molecule has 1 heterocycles. The minimum atomic E-state index is -0.344. The van der Waals surface area contributed by atoms with Gasteiger partial charge >= 0.3 is 0 Å². The molecule has 18 heavy (non-hydrogen) atoms. The molecule has 0 fully saturated rings. The molecule has 0 aliphatic rings. The number of pyridine rings is 1. The fraction of sp³-hybridized carbons (Fsp3) is 0.143. The maximum Gasteiger partial charge on any atom is 0.169 e. The van der Waals surface area contributed by atoms with E-state index in [4.69, 9.17) is 0 Å². The summed E-state index contributed by atoms with van der Waals surface area (Å²) >= 11 is 3.32. The largest absolute Gasteiger partial charge is 0.294 e. The summed E-state index contributed by atoms with van der Waals surface area (Å²) in [6.45, 7) is 1.79. The van der Waals surface area contributed by atoms with Gasteiger partial charge in [0.15, 0.2) is 5.78 Å². The van der Waals surface area contributed by atoms with Crippen molar-refractivity contribution in [3.05, 3.63) is 63.6 Å². The van der Waals surface area contributed by atoms with E-state index in [1.54, 1.807) is 31.3 Å². The fourth-order valence-corrected chi connectivity index (χ4v) is 2.11. The molecule has 0 saturated heterocycles. The predicted octanol–water partition coefficient (Wildman–Crippen LogP) is 3.72. The highest BCUT2D eigenvalue weighted by atomic mass is 79.9. The zero-order chi connectivity index (χ0) is 13.1.